The van der Waals surface area contributed by atoms with Crippen LogP contribution in [0.25, 0.3) is 10.6 Å². The Morgan fingerprint density at radius 1 is 1.36 bits per heavy atom. The van der Waals surface area contributed by atoms with E-state index in [0.29, 0.717) is 28.5 Å². The zero-order valence-corrected chi connectivity index (χ0v) is 12.4. The molecule has 1 N–H and O–H groups in total. The Morgan fingerprint density at radius 2 is 2.23 bits per heavy atom. The Morgan fingerprint density at radius 3 is 3.00 bits per heavy atom. The van der Waals surface area contributed by atoms with Gasteiger partial charge in [-0.1, -0.05) is 12.1 Å². The van der Waals surface area contributed by atoms with Gasteiger partial charge < -0.3 is 9.88 Å². The number of halogens is 1. The third-order valence-corrected chi connectivity index (χ3v) is 4.08. The third-order valence-electron chi connectivity index (χ3n) is 3.05. The SMILES string of the molecule is O=C(NCCn1ccnc1)c1cnc(-c2ccccc2F)s1. The fourth-order valence-corrected chi connectivity index (χ4v) is 2.80. The van der Waals surface area contributed by atoms with E-state index in [9.17, 15) is 9.18 Å². The molecule has 0 aliphatic rings. The van der Waals surface area contributed by atoms with Crippen LogP contribution in [0.4, 0.5) is 4.39 Å². The molecule has 0 aliphatic carbocycles. The van der Waals surface area contributed by atoms with Crippen LogP contribution in [0.5, 0.6) is 0 Å². The number of benzene rings is 1. The van der Waals surface area contributed by atoms with Crippen molar-refractivity contribution in [1.29, 1.82) is 0 Å². The molecule has 5 nitrogen and oxygen atoms in total. The molecule has 3 rings (SSSR count). The summed E-state index contributed by atoms with van der Waals surface area (Å²) in [7, 11) is 0. The Balaban J connectivity index is 1.63. The zero-order valence-electron chi connectivity index (χ0n) is 11.6. The van der Waals surface area contributed by atoms with Gasteiger partial charge in [0.25, 0.3) is 5.91 Å². The number of carbonyl (C=O) groups is 1. The normalized spacial score (nSPS) is 10.6. The van der Waals surface area contributed by atoms with E-state index < -0.39 is 0 Å². The van der Waals surface area contributed by atoms with E-state index in [1.54, 1.807) is 30.7 Å². The molecule has 0 fully saturated rings. The monoisotopic (exact) mass is 316 g/mol. The molecule has 3 aromatic rings. The molecule has 0 radical (unpaired) electrons. The van der Waals surface area contributed by atoms with Gasteiger partial charge in [0.1, 0.15) is 15.7 Å². The molecule has 2 aromatic heterocycles. The second kappa shape index (κ2) is 6.48. The summed E-state index contributed by atoms with van der Waals surface area (Å²) in [4.78, 5) is 20.6. The molecule has 0 aliphatic heterocycles. The maximum Gasteiger partial charge on any atom is 0.263 e. The van der Waals surface area contributed by atoms with Crippen molar-refractivity contribution in [2.24, 2.45) is 0 Å². The Kier molecular flexibility index (Phi) is 4.24. The Bertz CT molecular complexity index is 769. The predicted octanol–water partition coefficient (Wildman–Crippen LogP) is 2.58. The zero-order chi connectivity index (χ0) is 15.4. The summed E-state index contributed by atoms with van der Waals surface area (Å²) in [6.45, 7) is 1.13. The molecule has 0 saturated carbocycles. The molecule has 1 amide bonds. The van der Waals surface area contributed by atoms with Gasteiger partial charge in [0.2, 0.25) is 0 Å². The van der Waals surface area contributed by atoms with Gasteiger partial charge in [0.05, 0.1) is 12.5 Å². The van der Waals surface area contributed by atoms with Gasteiger partial charge in [-0.15, -0.1) is 11.3 Å². The number of imidazole rings is 1. The lowest BCUT2D eigenvalue weighted by Crippen LogP contribution is -2.26. The van der Waals surface area contributed by atoms with Crippen LogP contribution in [0.2, 0.25) is 0 Å². The van der Waals surface area contributed by atoms with Crippen molar-refractivity contribution >= 4 is 17.2 Å². The highest BCUT2D eigenvalue weighted by Gasteiger charge is 2.13. The summed E-state index contributed by atoms with van der Waals surface area (Å²) in [5.41, 5.74) is 0.407. The number of hydrogen-bond acceptors (Lipinski definition) is 4. The van der Waals surface area contributed by atoms with Crippen molar-refractivity contribution in [3.8, 4) is 10.6 Å². The standard InChI is InChI=1S/C15H13FN4OS/c16-12-4-2-1-3-11(12)15-19-9-13(22-15)14(21)18-6-8-20-7-5-17-10-20/h1-5,7,9-10H,6,8H2,(H,18,21). The number of carbonyl (C=O) groups excluding carboxylic acids is 1. The highest BCUT2D eigenvalue weighted by atomic mass is 32.1. The quantitative estimate of drug-likeness (QED) is 0.787. The average Bonchev–Trinajstić information content (AvgIpc) is 3.19. The van der Waals surface area contributed by atoms with Crippen molar-refractivity contribution in [2.75, 3.05) is 6.54 Å². The minimum atomic E-state index is -0.344. The van der Waals surface area contributed by atoms with Crippen LogP contribution in [-0.2, 0) is 6.54 Å². The van der Waals surface area contributed by atoms with Crippen molar-refractivity contribution in [1.82, 2.24) is 19.9 Å². The van der Waals surface area contributed by atoms with E-state index in [-0.39, 0.29) is 11.7 Å². The van der Waals surface area contributed by atoms with E-state index >= 15 is 0 Å². The Hall–Kier alpha value is -2.54. The molecule has 0 unspecified atom stereocenters. The van der Waals surface area contributed by atoms with E-state index in [1.165, 1.54) is 23.6 Å². The fraction of sp³-hybridized carbons (Fsp3) is 0.133. The summed E-state index contributed by atoms with van der Waals surface area (Å²) >= 11 is 1.17. The van der Waals surface area contributed by atoms with Crippen molar-refractivity contribution in [3.63, 3.8) is 0 Å². The van der Waals surface area contributed by atoms with E-state index in [1.807, 2.05) is 10.8 Å². The minimum absolute atomic E-state index is 0.208. The van der Waals surface area contributed by atoms with E-state index in [0.717, 1.165) is 0 Å². The molecule has 112 valence electrons. The molecule has 1 aromatic carbocycles. The van der Waals surface area contributed by atoms with Crippen LogP contribution in [0.1, 0.15) is 9.67 Å². The molecule has 0 saturated heterocycles. The van der Waals surface area contributed by atoms with Crippen LogP contribution in [-0.4, -0.2) is 27.0 Å². The number of nitrogens with one attached hydrogen (secondary N) is 1. The number of amides is 1. The van der Waals surface area contributed by atoms with Crippen LogP contribution in [0.15, 0.2) is 49.2 Å². The maximum atomic E-state index is 13.7. The molecule has 22 heavy (non-hydrogen) atoms. The molecule has 0 atom stereocenters. The summed E-state index contributed by atoms with van der Waals surface area (Å²) < 4.78 is 15.6. The van der Waals surface area contributed by atoms with Crippen LogP contribution >= 0.6 is 11.3 Å². The van der Waals surface area contributed by atoms with Crippen molar-refractivity contribution in [2.45, 2.75) is 6.54 Å². The van der Waals surface area contributed by atoms with E-state index in [4.69, 9.17) is 0 Å². The summed E-state index contributed by atoms with van der Waals surface area (Å²) in [5, 5.41) is 3.30. The van der Waals surface area contributed by atoms with Crippen LogP contribution < -0.4 is 5.32 Å². The lowest BCUT2D eigenvalue weighted by Gasteiger charge is -2.03. The van der Waals surface area contributed by atoms with Gasteiger partial charge in [-0.05, 0) is 12.1 Å². The first-order valence-electron chi connectivity index (χ1n) is 6.69. The molecule has 0 bridgehead atoms. The molecule has 7 heteroatoms. The Labute approximate surface area is 130 Å². The average molecular weight is 316 g/mol. The summed E-state index contributed by atoms with van der Waals surface area (Å²) in [6, 6.07) is 6.39. The second-order valence-electron chi connectivity index (χ2n) is 4.57. The lowest BCUT2D eigenvalue weighted by atomic mass is 10.2. The number of hydrogen-bond donors (Lipinski definition) is 1. The van der Waals surface area contributed by atoms with E-state index in [2.05, 4.69) is 15.3 Å². The van der Waals surface area contributed by atoms with Gasteiger partial charge >= 0.3 is 0 Å². The third kappa shape index (κ3) is 3.20. The number of nitrogens with zero attached hydrogens (tertiary/aromatic N) is 3. The first-order valence-corrected chi connectivity index (χ1v) is 7.50. The highest BCUT2D eigenvalue weighted by Crippen LogP contribution is 2.27. The van der Waals surface area contributed by atoms with Crippen LogP contribution in [0, 0.1) is 5.82 Å². The van der Waals surface area contributed by atoms with Gasteiger partial charge in [0, 0.05) is 31.0 Å². The summed E-state index contributed by atoms with van der Waals surface area (Å²) in [5.74, 6) is -0.552. The topological polar surface area (TPSA) is 59.8 Å². The molecule has 0 spiro atoms. The fourth-order valence-electron chi connectivity index (χ4n) is 1.94. The van der Waals surface area contributed by atoms with Gasteiger partial charge in [-0.3, -0.25) is 4.79 Å². The first kappa shape index (κ1) is 14.4. The highest BCUT2D eigenvalue weighted by molar-refractivity contribution is 7.16. The maximum absolute atomic E-state index is 13.7. The molecular weight excluding hydrogens is 303 g/mol. The van der Waals surface area contributed by atoms with Crippen LogP contribution in [0.3, 0.4) is 0 Å². The number of aromatic nitrogens is 3. The van der Waals surface area contributed by atoms with Crippen molar-refractivity contribution in [3.05, 3.63) is 59.9 Å². The van der Waals surface area contributed by atoms with Gasteiger partial charge in [-0.2, -0.15) is 0 Å². The number of rotatable bonds is 5. The second-order valence-corrected chi connectivity index (χ2v) is 5.60. The van der Waals surface area contributed by atoms with Crippen molar-refractivity contribution < 1.29 is 9.18 Å². The van der Waals surface area contributed by atoms with Gasteiger partial charge in [0.15, 0.2) is 0 Å². The minimum Gasteiger partial charge on any atom is -0.349 e. The molecular formula is C15H13FN4OS. The lowest BCUT2D eigenvalue weighted by molar-refractivity contribution is 0.0956. The summed E-state index contributed by atoms with van der Waals surface area (Å²) in [6.07, 6.45) is 6.68. The van der Waals surface area contributed by atoms with Gasteiger partial charge in [-0.25, -0.2) is 14.4 Å². The molecule has 2 heterocycles. The predicted molar refractivity (Wildman–Crippen MR) is 82.1 cm³/mol. The largest absolute Gasteiger partial charge is 0.349 e. The smallest absolute Gasteiger partial charge is 0.263 e. The first-order chi connectivity index (χ1) is 10.7. The number of thiazole rings is 1.